The molecule has 0 aromatic heterocycles. The molecule has 3 aromatic carbocycles. The first kappa shape index (κ1) is 34.4. The lowest BCUT2D eigenvalue weighted by Gasteiger charge is -2.32. The van der Waals surface area contributed by atoms with Crippen LogP contribution in [-0.2, 0) is 29.1 Å². The summed E-state index contributed by atoms with van der Waals surface area (Å²) in [5.41, 5.74) is 1.92. The lowest BCUT2D eigenvalue weighted by Crippen LogP contribution is -2.41. The summed E-state index contributed by atoms with van der Waals surface area (Å²) in [6.45, 7) is 3.71. The quantitative estimate of drug-likeness (QED) is 0.0986. The van der Waals surface area contributed by atoms with Crippen molar-refractivity contribution in [2.45, 2.75) is 49.5 Å². The third-order valence-corrected chi connectivity index (χ3v) is 8.77. The minimum atomic E-state index is -3.90. The van der Waals surface area contributed by atoms with Gasteiger partial charge in [-0.05, 0) is 60.9 Å². The van der Waals surface area contributed by atoms with E-state index in [1.54, 1.807) is 50.5 Å². The Balaban J connectivity index is 1.49. The van der Waals surface area contributed by atoms with E-state index in [0.29, 0.717) is 11.5 Å². The Morgan fingerprint density at radius 1 is 0.978 bits per heavy atom. The molecule has 4 rings (SSSR count). The van der Waals surface area contributed by atoms with Crippen LogP contribution in [0.5, 0.6) is 11.5 Å². The number of ether oxygens (including phenoxy) is 4. The van der Waals surface area contributed by atoms with E-state index in [1.807, 2.05) is 73.7 Å². The van der Waals surface area contributed by atoms with Gasteiger partial charge in [0.1, 0.15) is 36.4 Å². The number of carbonyl (C=O) groups is 1. The molecule has 5 atom stereocenters. The number of hydrogen-bond donors (Lipinski definition) is 1. The summed E-state index contributed by atoms with van der Waals surface area (Å²) in [5.74, 6) is 0.547. The van der Waals surface area contributed by atoms with Crippen molar-refractivity contribution in [3.63, 3.8) is 0 Å². The lowest BCUT2D eigenvalue weighted by atomic mass is 10.0. The fourth-order valence-electron chi connectivity index (χ4n) is 4.58. The molecule has 244 valence electrons. The molecule has 1 aliphatic rings. The van der Waals surface area contributed by atoms with Crippen molar-refractivity contribution >= 4 is 22.2 Å². The number of rotatable bonds is 15. The van der Waals surface area contributed by atoms with Crippen molar-refractivity contribution in [3.8, 4) is 11.5 Å². The van der Waals surface area contributed by atoms with Crippen molar-refractivity contribution in [2.75, 3.05) is 20.8 Å². The second kappa shape index (κ2) is 16.7. The zero-order valence-electron chi connectivity index (χ0n) is 26.3. The van der Waals surface area contributed by atoms with Crippen LogP contribution in [-0.4, -0.2) is 59.7 Å². The highest BCUT2D eigenvalue weighted by Crippen LogP contribution is 2.29. The number of esters is 1. The van der Waals surface area contributed by atoms with Crippen LogP contribution in [0.15, 0.2) is 113 Å². The maximum absolute atomic E-state index is 13.2. The van der Waals surface area contributed by atoms with E-state index in [4.69, 9.17) is 19.0 Å². The Kier molecular flexibility index (Phi) is 12.5. The molecule has 10 nitrogen and oxygen atoms in total. The van der Waals surface area contributed by atoms with Gasteiger partial charge in [0.15, 0.2) is 0 Å². The number of carbonyl (C=O) groups excluding carboxylic acids is 1. The summed E-state index contributed by atoms with van der Waals surface area (Å²) < 4.78 is 51.7. The molecule has 0 unspecified atom stereocenters. The largest absolute Gasteiger partial charge is 0.497 e. The molecule has 0 spiro atoms. The Morgan fingerprint density at radius 3 is 2.35 bits per heavy atom. The molecule has 11 heteroatoms. The summed E-state index contributed by atoms with van der Waals surface area (Å²) in [6.07, 6.45) is 7.34. The zero-order chi connectivity index (χ0) is 32.9. The molecule has 1 N–H and O–H groups in total. The van der Waals surface area contributed by atoms with Gasteiger partial charge in [-0.1, -0.05) is 78.3 Å². The van der Waals surface area contributed by atoms with Gasteiger partial charge in [-0.15, -0.1) is 0 Å². The van der Waals surface area contributed by atoms with E-state index >= 15 is 0 Å². The predicted molar refractivity (Wildman–Crippen MR) is 175 cm³/mol. The third kappa shape index (κ3) is 10.0. The number of aryl methyl sites for hydroxylation is 1. The minimum absolute atomic E-state index is 0.0228. The number of oxime groups is 1. The van der Waals surface area contributed by atoms with Crippen LogP contribution in [0.2, 0.25) is 0 Å². The number of methoxy groups -OCH3 is 2. The molecule has 1 heterocycles. The highest BCUT2D eigenvalue weighted by atomic mass is 32.2. The van der Waals surface area contributed by atoms with Crippen LogP contribution >= 0.6 is 0 Å². The molecule has 0 saturated carbocycles. The summed E-state index contributed by atoms with van der Waals surface area (Å²) >= 11 is 0. The highest BCUT2D eigenvalue weighted by molar-refractivity contribution is 7.89. The highest BCUT2D eigenvalue weighted by Gasteiger charge is 2.31. The van der Waals surface area contributed by atoms with Crippen molar-refractivity contribution in [2.24, 2.45) is 11.1 Å². The van der Waals surface area contributed by atoms with Gasteiger partial charge in [-0.25, -0.2) is 13.1 Å². The molecule has 0 fully saturated rings. The predicted octanol–water partition coefficient (Wildman–Crippen LogP) is 5.55. The summed E-state index contributed by atoms with van der Waals surface area (Å²) in [4.78, 5) is 17.4. The van der Waals surface area contributed by atoms with Crippen LogP contribution in [0, 0.1) is 12.8 Å². The van der Waals surface area contributed by atoms with E-state index in [1.165, 1.54) is 13.3 Å². The number of benzene rings is 3. The summed E-state index contributed by atoms with van der Waals surface area (Å²) in [5, 5.41) is 4.15. The monoisotopic (exact) mass is 648 g/mol. The Labute approximate surface area is 270 Å². The zero-order valence-corrected chi connectivity index (χ0v) is 27.1. The van der Waals surface area contributed by atoms with Crippen LogP contribution in [0.3, 0.4) is 0 Å². The van der Waals surface area contributed by atoms with Crippen molar-refractivity contribution in [1.29, 1.82) is 0 Å². The smallest absolute Gasteiger partial charge is 0.309 e. The van der Waals surface area contributed by atoms with Crippen LogP contribution in [0.1, 0.15) is 30.6 Å². The maximum Gasteiger partial charge on any atom is 0.309 e. The maximum atomic E-state index is 13.2. The molecular weight excluding hydrogens is 608 g/mol. The SMILES string of the molecule is COC(=O)C/C=C/[C@@H](C)[C@@H](C=NOC[C@H]1O[C@H](c2ccccc2)C=C[C@@H]1Oc1ccc(OC)cc1)NS(=O)(=O)c1ccc(C)cc1. The van der Waals surface area contributed by atoms with Crippen molar-refractivity contribution in [3.05, 3.63) is 114 Å². The van der Waals surface area contributed by atoms with Crippen molar-refractivity contribution < 1.29 is 37.0 Å². The van der Waals surface area contributed by atoms with Crippen LogP contribution < -0.4 is 14.2 Å². The fraction of sp³-hybridized carbons (Fsp3) is 0.314. The molecule has 3 aromatic rings. The van der Waals surface area contributed by atoms with Gasteiger partial charge in [0.05, 0.1) is 37.8 Å². The minimum Gasteiger partial charge on any atom is -0.497 e. The van der Waals surface area contributed by atoms with Gasteiger partial charge in [0.2, 0.25) is 10.0 Å². The van der Waals surface area contributed by atoms with E-state index in [0.717, 1.165) is 11.1 Å². The Bertz CT molecular complexity index is 1590. The molecule has 0 saturated heterocycles. The molecule has 0 bridgehead atoms. The Hall–Kier alpha value is -4.45. The average Bonchev–Trinajstić information content (AvgIpc) is 3.07. The first-order valence-electron chi connectivity index (χ1n) is 14.9. The summed E-state index contributed by atoms with van der Waals surface area (Å²) in [7, 11) is -0.988. The molecule has 0 radical (unpaired) electrons. The van der Waals surface area contributed by atoms with Gasteiger partial charge >= 0.3 is 5.97 Å². The van der Waals surface area contributed by atoms with Gasteiger partial charge in [0, 0.05) is 0 Å². The molecule has 1 aliphatic heterocycles. The molecular formula is C35H40N2O8S. The average molecular weight is 649 g/mol. The molecule has 0 amide bonds. The fourth-order valence-corrected chi connectivity index (χ4v) is 5.85. The molecule has 46 heavy (non-hydrogen) atoms. The second-order valence-corrected chi connectivity index (χ2v) is 12.4. The number of hydrogen-bond acceptors (Lipinski definition) is 9. The number of sulfonamides is 1. The van der Waals surface area contributed by atoms with Gasteiger partial charge in [-0.3, -0.25) is 4.79 Å². The van der Waals surface area contributed by atoms with E-state index in [9.17, 15) is 13.2 Å². The summed E-state index contributed by atoms with van der Waals surface area (Å²) in [6, 6.07) is 22.8. The van der Waals surface area contributed by atoms with Crippen LogP contribution in [0.25, 0.3) is 0 Å². The van der Waals surface area contributed by atoms with E-state index in [2.05, 4.69) is 14.6 Å². The van der Waals surface area contributed by atoms with Gasteiger partial charge in [0.25, 0.3) is 0 Å². The lowest BCUT2D eigenvalue weighted by molar-refractivity contribution is -0.139. The topological polar surface area (TPSA) is 122 Å². The second-order valence-electron chi connectivity index (χ2n) is 10.7. The van der Waals surface area contributed by atoms with E-state index < -0.39 is 34.2 Å². The first-order chi connectivity index (χ1) is 22.2. The molecule has 0 aliphatic carbocycles. The Morgan fingerprint density at radius 2 is 1.67 bits per heavy atom. The van der Waals surface area contributed by atoms with Gasteiger partial charge in [-0.2, -0.15) is 0 Å². The first-order valence-corrected chi connectivity index (χ1v) is 16.3. The third-order valence-electron chi connectivity index (χ3n) is 7.30. The van der Waals surface area contributed by atoms with Crippen LogP contribution in [0.4, 0.5) is 0 Å². The number of nitrogens with one attached hydrogen (secondary N) is 1. The normalized spacial score (nSPS) is 19.5. The number of nitrogens with zero attached hydrogens (tertiary/aromatic N) is 1. The standard InChI is InChI=1S/C35H40N2O8S/c1-25-13-19-30(20-14-25)46(39,40)37-31(26(2)9-8-12-35(38)42-4)23-36-43-24-34-33(44-29-17-15-28(41-3)16-18-29)22-21-32(45-34)27-10-6-5-7-11-27/h5-11,13-23,26,31-34,37H,12,24H2,1-4H3/b9-8+,36-23?/t26-,31-,32+,33+,34-/m1/s1. The van der Waals surface area contributed by atoms with Gasteiger partial charge < -0.3 is 23.8 Å². The van der Waals surface area contributed by atoms with Crippen molar-refractivity contribution in [1.82, 2.24) is 4.72 Å². The van der Waals surface area contributed by atoms with E-state index in [-0.39, 0.29) is 29.9 Å².